The monoisotopic (exact) mass is 520 g/mol. The number of rotatable bonds is 10. The molecule has 1 amide bonds. The van der Waals surface area contributed by atoms with Crippen LogP contribution in [0.5, 0.6) is 5.75 Å². The van der Waals surface area contributed by atoms with Crippen molar-refractivity contribution in [1.82, 2.24) is 15.2 Å². The lowest BCUT2D eigenvalue weighted by Gasteiger charge is -2.07. The lowest BCUT2D eigenvalue weighted by atomic mass is 10.2. The van der Waals surface area contributed by atoms with Crippen LogP contribution in [0.3, 0.4) is 0 Å². The third kappa shape index (κ3) is 6.94. The van der Waals surface area contributed by atoms with Crippen LogP contribution in [0.4, 0.5) is 5.13 Å². The molecule has 0 aliphatic carbocycles. The molecule has 0 radical (unpaired) electrons. The molecule has 0 bridgehead atoms. The summed E-state index contributed by atoms with van der Waals surface area (Å²) in [4.78, 5) is 16.7. The Morgan fingerprint density at radius 1 is 1.15 bits per heavy atom. The number of nitrogens with zero attached hydrogens (tertiary/aromatic N) is 3. The molecule has 0 aliphatic rings. The molecule has 11 heteroatoms. The second-order valence-electron chi connectivity index (χ2n) is 6.73. The Morgan fingerprint density at radius 3 is 2.82 bits per heavy atom. The highest BCUT2D eigenvalue weighted by molar-refractivity contribution is 7.99. The maximum atomic E-state index is 12.2. The number of carbonyl (C=O) groups is 1. The van der Waals surface area contributed by atoms with Gasteiger partial charge in [-0.05, 0) is 24.6 Å². The van der Waals surface area contributed by atoms with Gasteiger partial charge in [0.15, 0.2) is 5.13 Å². The van der Waals surface area contributed by atoms with Crippen molar-refractivity contribution >= 4 is 57.3 Å². The number of halogens is 2. The fourth-order valence-corrected chi connectivity index (χ4v) is 4.53. The smallest absolute Gasteiger partial charge is 0.277 e. The number of ether oxygens (including phenoxy) is 1. The summed E-state index contributed by atoms with van der Waals surface area (Å²) < 4.78 is 11.2. The quantitative estimate of drug-likeness (QED) is 0.195. The van der Waals surface area contributed by atoms with Crippen molar-refractivity contribution < 1.29 is 13.9 Å². The van der Waals surface area contributed by atoms with E-state index in [2.05, 4.69) is 20.5 Å². The minimum absolute atomic E-state index is 0.139. The van der Waals surface area contributed by atoms with E-state index < -0.39 is 0 Å². The largest absolute Gasteiger partial charge is 0.492 e. The summed E-state index contributed by atoms with van der Waals surface area (Å²) >= 11 is 14.5. The van der Waals surface area contributed by atoms with Gasteiger partial charge < -0.3 is 14.5 Å². The summed E-state index contributed by atoms with van der Waals surface area (Å²) in [6.07, 6.45) is 1.21. The first kappa shape index (κ1) is 23.6. The lowest BCUT2D eigenvalue weighted by Crippen LogP contribution is -2.13. The highest BCUT2D eigenvalue weighted by atomic mass is 35.5. The van der Waals surface area contributed by atoms with Gasteiger partial charge in [0.1, 0.15) is 5.75 Å². The first-order chi connectivity index (χ1) is 16.1. The highest BCUT2D eigenvalue weighted by Crippen LogP contribution is 2.28. The Balaban J connectivity index is 1.18. The van der Waals surface area contributed by atoms with E-state index in [-0.39, 0.29) is 11.7 Å². The maximum absolute atomic E-state index is 12.2. The minimum atomic E-state index is -0.193. The lowest BCUT2D eigenvalue weighted by molar-refractivity contribution is -0.113. The van der Waals surface area contributed by atoms with Crippen molar-refractivity contribution in [1.29, 1.82) is 0 Å². The zero-order chi connectivity index (χ0) is 23.0. The van der Waals surface area contributed by atoms with Gasteiger partial charge in [0.25, 0.3) is 5.22 Å². The molecule has 0 aliphatic heterocycles. The molecule has 2 aromatic carbocycles. The van der Waals surface area contributed by atoms with Crippen LogP contribution in [0.15, 0.2) is 63.6 Å². The third-order valence-electron chi connectivity index (χ3n) is 4.28. The van der Waals surface area contributed by atoms with Gasteiger partial charge in [0.2, 0.25) is 11.8 Å². The Labute approximate surface area is 208 Å². The molecule has 33 heavy (non-hydrogen) atoms. The van der Waals surface area contributed by atoms with Crippen LogP contribution in [-0.4, -0.2) is 33.4 Å². The van der Waals surface area contributed by atoms with Crippen LogP contribution in [0.25, 0.3) is 11.3 Å². The molecule has 4 aromatic rings. The van der Waals surface area contributed by atoms with Crippen molar-refractivity contribution in [3.8, 4) is 17.0 Å². The van der Waals surface area contributed by atoms with Crippen molar-refractivity contribution in [3.63, 3.8) is 0 Å². The average Bonchev–Trinajstić information content (AvgIpc) is 3.47. The normalized spacial score (nSPS) is 10.8. The molecular formula is C22H18Cl2N4O3S2. The fourth-order valence-electron chi connectivity index (χ4n) is 2.75. The minimum Gasteiger partial charge on any atom is -0.492 e. The van der Waals surface area contributed by atoms with Crippen LogP contribution >= 0.6 is 46.3 Å². The van der Waals surface area contributed by atoms with Crippen LogP contribution in [0.2, 0.25) is 10.0 Å². The number of anilines is 1. The number of aromatic nitrogens is 3. The molecule has 0 atom stereocenters. The molecule has 1 N–H and O–H groups in total. The number of amides is 1. The zero-order valence-corrected chi connectivity index (χ0v) is 20.3. The van der Waals surface area contributed by atoms with E-state index in [9.17, 15) is 4.79 Å². The fraction of sp³-hybridized carbons (Fsp3) is 0.182. The number of carbonyl (C=O) groups excluding carboxylic acids is 1. The average molecular weight is 521 g/mol. The van der Waals surface area contributed by atoms with Gasteiger partial charge in [0, 0.05) is 22.4 Å². The molecule has 2 heterocycles. The standard InChI is InChI=1S/C22H18Cl2N4O3S2/c23-15-8-9-18(16(24)11-15)30-10-4-7-20-27-28-22(31-20)33-13-19(29)26-21-25-17(12-32-21)14-5-2-1-3-6-14/h1-3,5-6,8-9,11-12H,4,7,10,13H2,(H,25,26,29). The molecule has 170 valence electrons. The second kappa shape index (κ2) is 11.5. The summed E-state index contributed by atoms with van der Waals surface area (Å²) in [5.74, 6) is 1.00. The van der Waals surface area contributed by atoms with E-state index >= 15 is 0 Å². The van der Waals surface area contributed by atoms with Gasteiger partial charge in [-0.2, -0.15) is 0 Å². The van der Waals surface area contributed by atoms with Crippen LogP contribution < -0.4 is 10.1 Å². The predicted octanol–water partition coefficient (Wildman–Crippen LogP) is 6.24. The van der Waals surface area contributed by atoms with E-state index in [4.69, 9.17) is 32.4 Å². The molecule has 7 nitrogen and oxygen atoms in total. The maximum Gasteiger partial charge on any atom is 0.277 e. The first-order valence-corrected chi connectivity index (χ1v) is 12.5. The SMILES string of the molecule is O=C(CSc1nnc(CCCOc2ccc(Cl)cc2Cl)o1)Nc1nc(-c2ccccc2)cs1. The van der Waals surface area contributed by atoms with E-state index in [1.807, 2.05) is 35.7 Å². The van der Waals surface area contributed by atoms with E-state index in [0.717, 1.165) is 11.3 Å². The van der Waals surface area contributed by atoms with Gasteiger partial charge in [-0.3, -0.25) is 4.79 Å². The Morgan fingerprint density at radius 2 is 2.00 bits per heavy atom. The summed E-state index contributed by atoms with van der Waals surface area (Å²) in [5.41, 5.74) is 1.83. The van der Waals surface area contributed by atoms with Gasteiger partial charge in [0.05, 0.1) is 23.1 Å². The molecule has 4 rings (SSSR count). The summed E-state index contributed by atoms with van der Waals surface area (Å²) in [5, 5.41) is 14.6. The summed E-state index contributed by atoms with van der Waals surface area (Å²) in [7, 11) is 0. The molecule has 0 unspecified atom stereocenters. The number of hydrogen-bond donors (Lipinski definition) is 1. The van der Waals surface area contributed by atoms with E-state index in [0.29, 0.717) is 51.5 Å². The van der Waals surface area contributed by atoms with E-state index in [1.54, 1.807) is 18.2 Å². The van der Waals surface area contributed by atoms with Crippen molar-refractivity contribution in [2.45, 2.75) is 18.1 Å². The van der Waals surface area contributed by atoms with Crippen molar-refractivity contribution in [2.24, 2.45) is 0 Å². The van der Waals surface area contributed by atoms with Gasteiger partial charge >= 0.3 is 0 Å². The number of hydrogen-bond acceptors (Lipinski definition) is 8. The Bertz CT molecular complexity index is 1220. The number of nitrogens with one attached hydrogen (secondary N) is 1. The molecule has 0 saturated carbocycles. The van der Waals surface area contributed by atoms with Gasteiger partial charge in [-0.1, -0.05) is 65.3 Å². The number of thioether (sulfide) groups is 1. The molecule has 0 saturated heterocycles. The van der Waals surface area contributed by atoms with Gasteiger partial charge in [-0.25, -0.2) is 4.98 Å². The zero-order valence-electron chi connectivity index (χ0n) is 17.2. The highest BCUT2D eigenvalue weighted by Gasteiger charge is 2.12. The number of thiazole rings is 1. The Kier molecular flexibility index (Phi) is 8.22. The third-order valence-corrected chi connectivity index (χ3v) is 6.39. The van der Waals surface area contributed by atoms with Gasteiger partial charge in [-0.15, -0.1) is 21.5 Å². The number of benzene rings is 2. The van der Waals surface area contributed by atoms with Crippen molar-refractivity contribution in [2.75, 3.05) is 17.7 Å². The summed E-state index contributed by atoms with van der Waals surface area (Å²) in [6.45, 7) is 0.438. The van der Waals surface area contributed by atoms with E-state index in [1.165, 1.54) is 23.1 Å². The van der Waals surface area contributed by atoms with Crippen LogP contribution in [-0.2, 0) is 11.2 Å². The molecule has 2 aromatic heterocycles. The van der Waals surface area contributed by atoms with Crippen LogP contribution in [0.1, 0.15) is 12.3 Å². The molecular weight excluding hydrogens is 503 g/mol. The first-order valence-electron chi connectivity index (χ1n) is 9.90. The molecule has 0 spiro atoms. The second-order valence-corrected chi connectivity index (χ2v) is 9.36. The predicted molar refractivity (Wildman–Crippen MR) is 131 cm³/mol. The van der Waals surface area contributed by atoms with Crippen LogP contribution in [0, 0.1) is 0 Å². The Hall–Kier alpha value is -2.59. The van der Waals surface area contributed by atoms with Crippen molar-refractivity contribution in [3.05, 3.63) is 69.8 Å². The number of aryl methyl sites for hydroxylation is 1. The summed E-state index contributed by atoms with van der Waals surface area (Å²) in [6, 6.07) is 14.9. The molecule has 0 fully saturated rings. The topological polar surface area (TPSA) is 90.1 Å².